The van der Waals surface area contributed by atoms with Gasteiger partial charge >= 0.3 is 0 Å². The van der Waals surface area contributed by atoms with Gasteiger partial charge in [-0.25, -0.2) is 4.68 Å². The summed E-state index contributed by atoms with van der Waals surface area (Å²) in [7, 11) is 0. The van der Waals surface area contributed by atoms with E-state index in [-0.39, 0.29) is 5.69 Å². The number of hydrogen-bond acceptors (Lipinski definition) is 3. The Labute approximate surface area is 96.4 Å². The fraction of sp³-hybridized carbons (Fsp3) is 0.100. The van der Waals surface area contributed by atoms with E-state index in [0.29, 0.717) is 10.8 Å². The lowest BCUT2D eigenvalue weighted by Gasteiger charge is -2.02. The van der Waals surface area contributed by atoms with E-state index >= 15 is 0 Å². The molecule has 1 aromatic carbocycles. The van der Waals surface area contributed by atoms with Gasteiger partial charge in [-0.15, -0.1) is 0 Å². The molecule has 0 amide bonds. The molecule has 0 unspecified atom stereocenters. The number of hydrogen-bond donors (Lipinski definition) is 0. The topological polar surface area (TPSA) is 61.0 Å². The molecule has 6 heteroatoms. The molecule has 1 aromatic heterocycles. The van der Waals surface area contributed by atoms with Gasteiger partial charge in [0, 0.05) is 12.1 Å². The van der Waals surface area contributed by atoms with Crippen LogP contribution in [0.2, 0.25) is 5.15 Å². The average molecular weight is 238 g/mol. The molecule has 0 spiro atoms. The van der Waals surface area contributed by atoms with E-state index in [1.807, 2.05) is 0 Å². The Balaban J connectivity index is 2.52. The molecule has 0 saturated heterocycles. The minimum absolute atomic E-state index is 0.0155. The van der Waals surface area contributed by atoms with E-state index in [0.717, 1.165) is 5.69 Å². The van der Waals surface area contributed by atoms with Crippen LogP contribution in [0.25, 0.3) is 5.69 Å². The first-order chi connectivity index (χ1) is 7.58. The fourth-order valence-corrected chi connectivity index (χ4v) is 1.68. The summed E-state index contributed by atoms with van der Waals surface area (Å²) < 4.78 is 1.46. The van der Waals surface area contributed by atoms with Gasteiger partial charge in [0.1, 0.15) is 5.15 Å². The van der Waals surface area contributed by atoms with Crippen molar-refractivity contribution in [2.45, 2.75) is 6.92 Å². The Morgan fingerprint density at radius 3 is 2.75 bits per heavy atom. The molecule has 0 N–H and O–H groups in total. The molecular weight excluding hydrogens is 230 g/mol. The lowest BCUT2D eigenvalue weighted by Crippen LogP contribution is -1.98. The van der Waals surface area contributed by atoms with Gasteiger partial charge < -0.3 is 0 Å². The fourth-order valence-electron chi connectivity index (χ4n) is 1.39. The van der Waals surface area contributed by atoms with Crippen LogP contribution in [0, 0.1) is 17.0 Å². The van der Waals surface area contributed by atoms with E-state index in [1.54, 1.807) is 25.1 Å². The molecule has 16 heavy (non-hydrogen) atoms. The first-order valence-electron chi connectivity index (χ1n) is 4.55. The average Bonchev–Trinajstić information content (AvgIpc) is 2.58. The highest BCUT2D eigenvalue weighted by Gasteiger charge is 2.10. The maximum absolute atomic E-state index is 10.6. The summed E-state index contributed by atoms with van der Waals surface area (Å²) >= 11 is 5.94. The van der Waals surface area contributed by atoms with Crippen molar-refractivity contribution in [2.75, 3.05) is 0 Å². The number of aryl methyl sites for hydroxylation is 1. The Morgan fingerprint density at radius 2 is 2.19 bits per heavy atom. The Hall–Kier alpha value is -1.88. The molecule has 2 rings (SSSR count). The molecule has 1 heterocycles. The lowest BCUT2D eigenvalue weighted by molar-refractivity contribution is -0.384. The van der Waals surface area contributed by atoms with Crippen LogP contribution < -0.4 is 0 Å². The highest BCUT2D eigenvalue weighted by molar-refractivity contribution is 6.29. The van der Waals surface area contributed by atoms with Crippen molar-refractivity contribution >= 4 is 17.3 Å². The summed E-state index contributed by atoms with van der Waals surface area (Å²) in [5.41, 5.74) is 1.35. The van der Waals surface area contributed by atoms with E-state index in [2.05, 4.69) is 5.10 Å². The summed E-state index contributed by atoms with van der Waals surface area (Å²) in [5, 5.41) is 15.2. The maximum Gasteiger partial charge on any atom is 0.271 e. The van der Waals surface area contributed by atoms with Gasteiger partial charge in [-0.05, 0) is 19.1 Å². The van der Waals surface area contributed by atoms with Crippen LogP contribution in [0.15, 0.2) is 30.3 Å². The second-order valence-corrected chi connectivity index (χ2v) is 3.68. The Kier molecular flexibility index (Phi) is 2.62. The minimum atomic E-state index is -0.451. The monoisotopic (exact) mass is 237 g/mol. The molecule has 5 nitrogen and oxygen atoms in total. The maximum atomic E-state index is 10.6. The predicted molar refractivity (Wildman–Crippen MR) is 60.0 cm³/mol. The van der Waals surface area contributed by atoms with Crippen LogP contribution in [0.1, 0.15) is 5.69 Å². The Bertz CT molecular complexity index is 551. The van der Waals surface area contributed by atoms with Gasteiger partial charge in [0.25, 0.3) is 5.69 Å². The van der Waals surface area contributed by atoms with E-state index in [4.69, 9.17) is 11.6 Å². The number of rotatable bonds is 2. The smallest absolute Gasteiger partial charge is 0.258 e. The van der Waals surface area contributed by atoms with Gasteiger partial charge in [0.05, 0.1) is 16.3 Å². The number of nitro benzene ring substituents is 1. The lowest BCUT2D eigenvalue weighted by atomic mass is 10.3. The minimum Gasteiger partial charge on any atom is -0.258 e. The third-order valence-electron chi connectivity index (χ3n) is 2.07. The SMILES string of the molecule is Cc1cc(Cl)n(-c2cccc([N+](=O)[O-])c2)n1. The van der Waals surface area contributed by atoms with Crippen molar-refractivity contribution in [1.82, 2.24) is 9.78 Å². The van der Waals surface area contributed by atoms with Gasteiger partial charge in [-0.1, -0.05) is 17.7 Å². The number of benzene rings is 1. The molecule has 0 saturated carbocycles. The zero-order valence-electron chi connectivity index (χ0n) is 8.42. The highest BCUT2D eigenvalue weighted by Crippen LogP contribution is 2.20. The number of aromatic nitrogens is 2. The highest BCUT2D eigenvalue weighted by atomic mass is 35.5. The van der Waals surface area contributed by atoms with Gasteiger partial charge in [0.15, 0.2) is 0 Å². The first kappa shape index (κ1) is 10.6. The van der Waals surface area contributed by atoms with Gasteiger partial charge in [-0.3, -0.25) is 10.1 Å². The third kappa shape index (κ3) is 1.90. The van der Waals surface area contributed by atoms with Gasteiger partial charge in [-0.2, -0.15) is 5.10 Å². The van der Waals surface area contributed by atoms with Crippen molar-refractivity contribution in [3.63, 3.8) is 0 Å². The quantitative estimate of drug-likeness (QED) is 0.596. The van der Waals surface area contributed by atoms with Crippen molar-refractivity contribution in [1.29, 1.82) is 0 Å². The van der Waals surface area contributed by atoms with Crippen LogP contribution in [0.3, 0.4) is 0 Å². The van der Waals surface area contributed by atoms with Crippen LogP contribution >= 0.6 is 11.6 Å². The summed E-state index contributed by atoms with van der Waals surface area (Å²) in [6.45, 7) is 1.81. The summed E-state index contributed by atoms with van der Waals surface area (Å²) in [6, 6.07) is 7.86. The zero-order chi connectivity index (χ0) is 11.7. The second kappa shape index (κ2) is 3.94. The van der Waals surface area contributed by atoms with Crippen molar-refractivity contribution < 1.29 is 4.92 Å². The Morgan fingerprint density at radius 1 is 1.44 bits per heavy atom. The molecule has 2 aromatic rings. The van der Waals surface area contributed by atoms with Crippen molar-refractivity contribution in [2.24, 2.45) is 0 Å². The van der Waals surface area contributed by atoms with Crippen LogP contribution in [-0.2, 0) is 0 Å². The van der Waals surface area contributed by atoms with Crippen molar-refractivity contribution in [3.8, 4) is 5.69 Å². The molecular formula is C10H8ClN3O2. The summed E-state index contributed by atoms with van der Waals surface area (Å²) in [6.07, 6.45) is 0. The van der Waals surface area contributed by atoms with Crippen LogP contribution in [0.4, 0.5) is 5.69 Å². The predicted octanol–water partition coefficient (Wildman–Crippen LogP) is 2.74. The zero-order valence-corrected chi connectivity index (χ0v) is 9.18. The molecule has 0 aliphatic rings. The molecule has 0 bridgehead atoms. The molecule has 82 valence electrons. The third-order valence-corrected chi connectivity index (χ3v) is 2.34. The van der Waals surface area contributed by atoms with E-state index < -0.39 is 4.92 Å². The standard InChI is InChI=1S/C10H8ClN3O2/c1-7-5-10(11)13(12-7)8-3-2-4-9(6-8)14(15)16/h2-6H,1H3. The molecule has 0 aliphatic carbocycles. The second-order valence-electron chi connectivity index (χ2n) is 3.30. The van der Waals surface area contributed by atoms with Gasteiger partial charge in [0.2, 0.25) is 0 Å². The number of nitrogens with zero attached hydrogens (tertiary/aromatic N) is 3. The largest absolute Gasteiger partial charge is 0.271 e. The molecule has 0 aliphatic heterocycles. The normalized spacial score (nSPS) is 10.4. The van der Waals surface area contributed by atoms with E-state index in [9.17, 15) is 10.1 Å². The molecule has 0 radical (unpaired) electrons. The summed E-state index contributed by atoms with van der Waals surface area (Å²) in [5.74, 6) is 0. The number of halogens is 1. The van der Waals surface area contributed by atoms with Crippen LogP contribution in [-0.4, -0.2) is 14.7 Å². The van der Waals surface area contributed by atoms with Crippen LogP contribution in [0.5, 0.6) is 0 Å². The number of nitro groups is 1. The van der Waals surface area contributed by atoms with Crippen molar-refractivity contribution in [3.05, 3.63) is 51.3 Å². The van der Waals surface area contributed by atoms with E-state index in [1.165, 1.54) is 16.8 Å². The first-order valence-corrected chi connectivity index (χ1v) is 4.93. The molecule has 0 fully saturated rings. The summed E-state index contributed by atoms with van der Waals surface area (Å²) in [4.78, 5) is 10.2. The number of non-ortho nitro benzene ring substituents is 1. The molecule has 0 atom stereocenters.